The fraction of sp³-hybridized carbons (Fsp3) is 0.429. The van der Waals surface area contributed by atoms with Crippen molar-refractivity contribution in [2.24, 2.45) is 11.3 Å². The van der Waals surface area contributed by atoms with Crippen molar-refractivity contribution >= 4 is 23.6 Å². The fourth-order valence-corrected chi connectivity index (χ4v) is 4.41. The zero-order valence-corrected chi connectivity index (χ0v) is 20.3. The monoisotopic (exact) mass is 462 g/mol. The lowest BCUT2D eigenvalue weighted by atomic mass is 9.90. The molecule has 0 N–H and O–H groups in total. The molecule has 2 aliphatic heterocycles. The van der Waals surface area contributed by atoms with Crippen molar-refractivity contribution in [2.75, 3.05) is 37.7 Å². The van der Waals surface area contributed by atoms with E-state index < -0.39 is 5.41 Å². The van der Waals surface area contributed by atoms with Gasteiger partial charge in [0.1, 0.15) is 13.2 Å². The lowest BCUT2D eigenvalue weighted by Gasteiger charge is -2.37. The summed E-state index contributed by atoms with van der Waals surface area (Å²) in [5.74, 6) is 1.47. The van der Waals surface area contributed by atoms with Gasteiger partial charge in [0, 0.05) is 42.7 Å². The number of benzene rings is 2. The first-order chi connectivity index (χ1) is 16.3. The van der Waals surface area contributed by atoms with Crippen molar-refractivity contribution in [3.05, 3.63) is 60.2 Å². The molecule has 6 heteroatoms. The first-order valence-electron chi connectivity index (χ1n) is 12.0. The number of ether oxygens (including phenoxy) is 2. The molecule has 2 heterocycles. The highest BCUT2D eigenvalue weighted by molar-refractivity contribution is 5.96. The van der Waals surface area contributed by atoms with Crippen LogP contribution in [0.4, 0.5) is 5.69 Å². The van der Waals surface area contributed by atoms with Crippen LogP contribution in [0.2, 0.25) is 0 Å². The Labute approximate surface area is 202 Å². The molecular weight excluding hydrogens is 428 g/mol. The predicted octanol–water partition coefficient (Wildman–Crippen LogP) is 4.79. The Bertz CT molecular complexity index is 1030. The fourth-order valence-electron chi connectivity index (χ4n) is 4.41. The van der Waals surface area contributed by atoms with Gasteiger partial charge in [0.05, 0.1) is 0 Å². The Morgan fingerprint density at radius 2 is 1.68 bits per heavy atom. The van der Waals surface area contributed by atoms with Crippen LogP contribution in [0, 0.1) is 11.3 Å². The summed E-state index contributed by atoms with van der Waals surface area (Å²) in [7, 11) is 0. The minimum Gasteiger partial charge on any atom is -0.486 e. The third-order valence-corrected chi connectivity index (χ3v) is 6.27. The van der Waals surface area contributed by atoms with Crippen molar-refractivity contribution in [3.63, 3.8) is 0 Å². The molecule has 0 bridgehead atoms. The van der Waals surface area contributed by atoms with E-state index in [1.54, 1.807) is 0 Å². The van der Waals surface area contributed by atoms with E-state index in [9.17, 15) is 9.59 Å². The van der Waals surface area contributed by atoms with Gasteiger partial charge in [-0.2, -0.15) is 0 Å². The predicted molar refractivity (Wildman–Crippen MR) is 134 cm³/mol. The molecule has 2 aromatic rings. The second-order valence-electron chi connectivity index (χ2n) is 9.91. The third-order valence-electron chi connectivity index (χ3n) is 6.27. The molecule has 2 aromatic carbocycles. The maximum absolute atomic E-state index is 13.7. The van der Waals surface area contributed by atoms with Gasteiger partial charge in [0.15, 0.2) is 11.5 Å². The van der Waals surface area contributed by atoms with Crippen molar-refractivity contribution < 1.29 is 19.1 Å². The van der Waals surface area contributed by atoms with Gasteiger partial charge >= 0.3 is 0 Å². The molecule has 1 saturated heterocycles. The number of carbonyl (C=O) groups is 2. The highest BCUT2D eigenvalue weighted by atomic mass is 16.6. The van der Waals surface area contributed by atoms with Gasteiger partial charge in [-0.15, -0.1) is 0 Å². The molecule has 2 amide bonds. The number of likely N-dealkylation sites (tertiary alicyclic amines) is 1. The number of rotatable bonds is 5. The zero-order valence-electron chi connectivity index (χ0n) is 20.3. The minimum atomic E-state index is -0.406. The molecular formula is C28H34N2O4. The lowest BCUT2D eigenvalue weighted by Crippen LogP contribution is -2.47. The van der Waals surface area contributed by atoms with Crippen LogP contribution < -0.4 is 14.4 Å². The molecule has 0 unspecified atom stereocenters. The number of hydrogen-bond donors (Lipinski definition) is 0. The Balaban J connectivity index is 1.51. The first kappa shape index (κ1) is 23.9. The molecule has 34 heavy (non-hydrogen) atoms. The van der Waals surface area contributed by atoms with Crippen LogP contribution in [0.15, 0.2) is 54.6 Å². The standard InChI is InChI=1S/C28H34N2O4/c1-28(2,3)27(32)29-16-13-22(14-17-29)26(31)30(15-7-10-21-8-5-4-6-9-21)23-11-12-24-25(20-23)34-19-18-33-24/h4-12,20,22H,13-19H2,1-3H3/b10-7+. The summed E-state index contributed by atoms with van der Waals surface area (Å²) in [6.07, 6.45) is 5.39. The van der Waals surface area contributed by atoms with Crippen LogP contribution in [0.3, 0.4) is 0 Å². The summed E-state index contributed by atoms with van der Waals surface area (Å²) in [5, 5.41) is 0. The average molecular weight is 463 g/mol. The van der Waals surface area contributed by atoms with E-state index in [0.717, 1.165) is 11.3 Å². The van der Waals surface area contributed by atoms with Gasteiger partial charge < -0.3 is 19.3 Å². The van der Waals surface area contributed by atoms with Gasteiger partial charge in [-0.3, -0.25) is 9.59 Å². The maximum Gasteiger partial charge on any atom is 0.230 e. The lowest BCUT2D eigenvalue weighted by molar-refractivity contribution is -0.142. The van der Waals surface area contributed by atoms with E-state index in [2.05, 4.69) is 0 Å². The Morgan fingerprint density at radius 3 is 2.35 bits per heavy atom. The van der Waals surface area contributed by atoms with Crippen LogP contribution >= 0.6 is 0 Å². The molecule has 4 rings (SSSR count). The van der Waals surface area contributed by atoms with Gasteiger partial charge in [0.2, 0.25) is 11.8 Å². The Kier molecular flexibility index (Phi) is 7.25. The molecule has 2 aliphatic rings. The van der Waals surface area contributed by atoms with Crippen molar-refractivity contribution in [2.45, 2.75) is 33.6 Å². The first-order valence-corrected chi connectivity index (χ1v) is 12.0. The van der Waals surface area contributed by atoms with Crippen molar-refractivity contribution in [3.8, 4) is 11.5 Å². The van der Waals surface area contributed by atoms with Gasteiger partial charge in [0.25, 0.3) is 0 Å². The summed E-state index contributed by atoms with van der Waals surface area (Å²) in [4.78, 5) is 30.1. The summed E-state index contributed by atoms with van der Waals surface area (Å²) in [5.41, 5.74) is 1.47. The van der Waals surface area contributed by atoms with Crippen LogP contribution in [0.5, 0.6) is 11.5 Å². The number of hydrogen-bond acceptors (Lipinski definition) is 4. The molecule has 6 nitrogen and oxygen atoms in total. The number of fused-ring (bicyclic) bond motifs is 1. The summed E-state index contributed by atoms with van der Waals surface area (Å²) in [6.45, 7) is 8.52. The van der Waals surface area contributed by atoms with E-state index in [0.29, 0.717) is 57.2 Å². The number of carbonyl (C=O) groups excluding carboxylic acids is 2. The smallest absolute Gasteiger partial charge is 0.230 e. The summed E-state index contributed by atoms with van der Waals surface area (Å²) < 4.78 is 11.4. The topological polar surface area (TPSA) is 59.1 Å². The van der Waals surface area contributed by atoms with Gasteiger partial charge in [-0.05, 0) is 30.5 Å². The largest absolute Gasteiger partial charge is 0.486 e. The van der Waals surface area contributed by atoms with E-state index in [4.69, 9.17) is 9.47 Å². The van der Waals surface area contributed by atoms with Crippen LogP contribution in [-0.2, 0) is 9.59 Å². The highest BCUT2D eigenvalue weighted by Gasteiger charge is 2.34. The van der Waals surface area contributed by atoms with Crippen molar-refractivity contribution in [1.29, 1.82) is 0 Å². The van der Waals surface area contributed by atoms with Crippen LogP contribution in [0.1, 0.15) is 39.2 Å². The van der Waals surface area contributed by atoms with Gasteiger partial charge in [-0.25, -0.2) is 0 Å². The van der Waals surface area contributed by atoms with E-state index in [-0.39, 0.29) is 17.7 Å². The van der Waals surface area contributed by atoms with E-state index in [1.165, 1.54) is 0 Å². The average Bonchev–Trinajstić information content (AvgIpc) is 2.86. The molecule has 180 valence electrons. The van der Waals surface area contributed by atoms with E-state index in [1.807, 2.05) is 91.3 Å². The SMILES string of the molecule is CC(C)(C)C(=O)N1CCC(C(=O)N(C/C=C/c2ccccc2)c2ccc3c(c2)OCCO3)CC1. The number of nitrogens with zero attached hydrogens (tertiary/aromatic N) is 2. The minimum absolute atomic E-state index is 0.0808. The van der Waals surface area contributed by atoms with Crippen LogP contribution in [-0.4, -0.2) is 49.6 Å². The third kappa shape index (κ3) is 5.61. The second kappa shape index (κ2) is 10.3. The maximum atomic E-state index is 13.7. The zero-order chi connectivity index (χ0) is 24.1. The number of piperidine rings is 1. The highest BCUT2D eigenvalue weighted by Crippen LogP contribution is 2.35. The molecule has 0 saturated carbocycles. The Morgan fingerprint density at radius 1 is 1.00 bits per heavy atom. The van der Waals surface area contributed by atoms with Gasteiger partial charge in [-0.1, -0.05) is 63.3 Å². The Hall–Kier alpha value is -3.28. The van der Waals surface area contributed by atoms with E-state index >= 15 is 0 Å². The molecule has 0 atom stereocenters. The second-order valence-corrected chi connectivity index (χ2v) is 9.91. The molecule has 0 aromatic heterocycles. The molecule has 0 aliphatic carbocycles. The molecule has 0 radical (unpaired) electrons. The molecule has 1 fully saturated rings. The summed E-state index contributed by atoms with van der Waals surface area (Å²) >= 11 is 0. The number of anilines is 1. The van der Waals surface area contributed by atoms with Crippen LogP contribution in [0.25, 0.3) is 6.08 Å². The number of amides is 2. The normalized spacial score (nSPS) is 16.5. The summed E-state index contributed by atoms with van der Waals surface area (Å²) in [6, 6.07) is 15.7. The molecule has 0 spiro atoms. The van der Waals surface area contributed by atoms with Crippen molar-refractivity contribution in [1.82, 2.24) is 4.90 Å². The quantitative estimate of drug-likeness (QED) is 0.641.